The molecule has 2 aromatic rings. The van der Waals surface area contributed by atoms with Crippen molar-refractivity contribution in [1.29, 1.82) is 0 Å². The second-order valence-electron chi connectivity index (χ2n) is 4.57. The van der Waals surface area contributed by atoms with Gasteiger partial charge < -0.3 is 10.1 Å². The molecule has 0 spiro atoms. The molecule has 0 radical (unpaired) electrons. The van der Waals surface area contributed by atoms with Gasteiger partial charge in [0, 0.05) is 12.1 Å². The average molecular weight is 294 g/mol. The first-order chi connectivity index (χ1) is 9.60. The van der Waals surface area contributed by atoms with Crippen LogP contribution in [-0.4, -0.2) is 6.54 Å². The van der Waals surface area contributed by atoms with Crippen molar-refractivity contribution in [2.45, 2.75) is 20.4 Å². The summed E-state index contributed by atoms with van der Waals surface area (Å²) in [4.78, 5) is 0. The van der Waals surface area contributed by atoms with Crippen LogP contribution in [0.2, 0.25) is 5.02 Å². The van der Waals surface area contributed by atoms with E-state index in [1.165, 1.54) is 18.2 Å². The topological polar surface area (TPSA) is 21.3 Å². The minimum absolute atomic E-state index is 0.264. The zero-order chi connectivity index (χ0) is 14.5. The van der Waals surface area contributed by atoms with Crippen molar-refractivity contribution in [3.05, 3.63) is 58.4 Å². The molecule has 2 rings (SSSR count). The van der Waals surface area contributed by atoms with Gasteiger partial charge in [0.1, 0.15) is 17.3 Å². The summed E-state index contributed by atoms with van der Waals surface area (Å²) in [5, 5.41) is 3.53. The zero-order valence-corrected chi connectivity index (χ0v) is 12.3. The Labute approximate surface area is 123 Å². The number of halogens is 2. The highest BCUT2D eigenvalue weighted by atomic mass is 35.5. The number of hydrogen-bond acceptors (Lipinski definition) is 2. The van der Waals surface area contributed by atoms with Crippen LogP contribution in [0.15, 0.2) is 36.4 Å². The molecule has 106 valence electrons. The fraction of sp³-hybridized carbons (Fsp3) is 0.250. The van der Waals surface area contributed by atoms with E-state index in [2.05, 4.69) is 11.4 Å². The first kappa shape index (κ1) is 14.8. The lowest BCUT2D eigenvalue weighted by Gasteiger charge is -2.13. The van der Waals surface area contributed by atoms with Gasteiger partial charge in [-0.05, 0) is 37.7 Å². The van der Waals surface area contributed by atoms with E-state index in [4.69, 9.17) is 16.3 Å². The van der Waals surface area contributed by atoms with Crippen molar-refractivity contribution in [3.63, 3.8) is 0 Å². The van der Waals surface area contributed by atoms with Crippen LogP contribution >= 0.6 is 11.6 Å². The summed E-state index contributed by atoms with van der Waals surface area (Å²) in [6, 6.07) is 10.1. The molecule has 0 aromatic heterocycles. The van der Waals surface area contributed by atoms with E-state index in [9.17, 15) is 4.39 Å². The van der Waals surface area contributed by atoms with Crippen LogP contribution in [-0.2, 0) is 6.54 Å². The van der Waals surface area contributed by atoms with Gasteiger partial charge in [-0.15, -0.1) is 0 Å². The van der Waals surface area contributed by atoms with Crippen molar-refractivity contribution in [2.75, 3.05) is 6.54 Å². The predicted octanol–water partition coefficient (Wildman–Crippen LogP) is 4.69. The van der Waals surface area contributed by atoms with Crippen LogP contribution < -0.4 is 10.1 Å². The molecule has 20 heavy (non-hydrogen) atoms. The molecule has 0 unspecified atom stereocenters. The number of benzene rings is 2. The third kappa shape index (κ3) is 3.71. The molecule has 0 aliphatic heterocycles. The van der Waals surface area contributed by atoms with Gasteiger partial charge in [-0.1, -0.05) is 36.2 Å². The Bertz CT molecular complexity index is 601. The summed E-state index contributed by atoms with van der Waals surface area (Å²) in [5.41, 5.74) is 2.21. The Kier molecular flexibility index (Phi) is 4.99. The van der Waals surface area contributed by atoms with Crippen LogP contribution in [0, 0.1) is 12.7 Å². The van der Waals surface area contributed by atoms with Crippen LogP contribution in [0.5, 0.6) is 11.5 Å². The summed E-state index contributed by atoms with van der Waals surface area (Å²) in [6.45, 7) is 5.67. The largest absolute Gasteiger partial charge is 0.455 e. The van der Waals surface area contributed by atoms with Gasteiger partial charge in [-0.2, -0.15) is 0 Å². The maximum absolute atomic E-state index is 13.0. The molecule has 0 amide bonds. The number of aryl methyl sites for hydroxylation is 1. The van der Waals surface area contributed by atoms with Gasteiger partial charge >= 0.3 is 0 Å². The number of hydrogen-bond donors (Lipinski definition) is 1. The van der Waals surface area contributed by atoms with Gasteiger partial charge in [0.2, 0.25) is 0 Å². The normalized spacial score (nSPS) is 10.6. The molecule has 1 N–H and O–H groups in total. The standard InChI is InChI=1S/C16H17ClFNO/c1-3-19-10-12-8-11(2)4-6-15(12)20-16-7-5-13(18)9-14(16)17/h4-9,19H,3,10H2,1-2H3. The van der Waals surface area contributed by atoms with Gasteiger partial charge in [-0.25, -0.2) is 4.39 Å². The van der Waals surface area contributed by atoms with E-state index in [1.807, 2.05) is 26.0 Å². The Balaban J connectivity index is 2.27. The van der Waals surface area contributed by atoms with E-state index in [1.54, 1.807) is 0 Å². The minimum atomic E-state index is -0.376. The molecule has 0 atom stereocenters. The van der Waals surface area contributed by atoms with Crippen molar-refractivity contribution in [2.24, 2.45) is 0 Å². The van der Waals surface area contributed by atoms with Gasteiger partial charge in [-0.3, -0.25) is 0 Å². The first-order valence-corrected chi connectivity index (χ1v) is 6.91. The number of rotatable bonds is 5. The second-order valence-corrected chi connectivity index (χ2v) is 4.98. The highest BCUT2D eigenvalue weighted by Crippen LogP contribution is 2.32. The molecule has 0 fully saturated rings. The molecular formula is C16H17ClFNO. The van der Waals surface area contributed by atoms with E-state index in [0.29, 0.717) is 12.3 Å². The van der Waals surface area contributed by atoms with Crippen molar-refractivity contribution < 1.29 is 9.13 Å². The van der Waals surface area contributed by atoms with Crippen LogP contribution in [0.3, 0.4) is 0 Å². The summed E-state index contributed by atoms with van der Waals surface area (Å²) >= 11 is 5.99. The zero-order valence-electron chi connectivity index (χ0n) is 11.5. The molecule has 0 saturated carbocycles. The summed E-state index contributed by atoms with van der Waals surface area (Å²) in [5.74, 6) is 0.804. The van der Waals surface area contributed by atoms with Crippen molar-refractivity contribution in [1.82, 2.24) is 5.32 Å². The van der Waals surface area contributed by atoms with Gasteiger partial charge in [0.05, 0.1) is 5.02 Å². The Morgan fingerprint density at radius 3 is 2.60 bits per heavy atom. The van der Waals surface area contributed by atoms with E-state index < -0.39 is 0 Å². The maximum Gasteiger partial charge on any atom is 0.146 e. The number of ether oxygens (including phenoxy) is 1. The third-order valence-corrected chi connectivity index (χ3v) is 3.19. The molecule has 0 heterocycles. The van der Waals surface area contributed by atoms with Crippen LogP contribution in [0.25, 0.3) is 0 Å². The molecule has 0 aliphatic carbocycles. The SMILES string of the molecule is CCNCc1cc(C)ccc1Oc1ccc(F)cc1Cl. The predicted molar refractivity (Wildman–Crippen MR) is 80.0 cm³/mol. The lowest BCUT2D eigenvalue weighted by atomic mass is 10.1. The third-order valence-electron chi connectivity index (χ3n) is 2.90. The molecule has 0 aliphatic rings. The molecule has 2 aromatic carbocycles. The van der Waals surface area contributed by atoms with Crippen molar-refractivity contribution >= 4 is 11.6 Å². The molecule has 4 heteroatoms. The monoisotopic (exact) mass is 293 g/mol. The van der Waals surface area contributed by atoms with Crippen molar-refractivity contribution in [3.8, 4) is 11.5 Å². The quantitative estimate of drug-likeness (QED) is 0.863. The maximum atomic E-state index is 13.0. The number of nitrogens with one attached hydrogen (secondary N) is 1. The first-order valence-electron chi connectivity index (χ1n) is 6.53. The minimum Gasteiger partial charge on any atom is -0.455 e. The fourth-order valence-electron chi connectivity index (χ4n) is 1.88. The summed E-state index contributed by atoms with van der Waals surface area (Å²) < 4.78 is 18.8. The highest BCUT2D eigenvalue weighted by molar-refractivity contribution is 6.32. The Morgan fingerprint density at radius 1 is 1.15 bits per heavy atom. The second kappa shape index (κ2) is 6.73. The summed E-state index contributed by atoms with van der Waals surface area (Å²) in [6.07, 6.45) is 0. The molecule has 0 saturated heterocycles. The lowest BCUT2D eigenvalue weighted by Crippen LogP contribution is -2.12. The van der Waals surface area contributed by atoms with E-state index in [0.717, 1.165) is 23.4 Å². The Morgan fingerprint density at radius 2 is 1.90 bits per heavy atom. The molecular weight excluding hydrogens is 277 g/mol. The van der Waals surface area contributed by atoms with E-state index in [-0.39, 0.29) is 10.8 Å². The lowest BCUT2D eigenvalue weighted by molar-refractivity contribution is 0.471. The summed E-state index contributed by atoms with van der Waals surface area (Å²) in [7, 11) is 0. The Hall–Kier alpha value is -1.58. The van der Waals surface area contributed by atoms with Crippen LogP contribution in [0.4, 0.5) is 4.39 Å². The molecule has 2 nitrogen and oxygen atoms in total. The van der Waals surface area contributed by atoms with E-state index >= 15 is 0 Å². The molecule has 0 bridgehead atoms. The van der Waals surface area contributed by atoms with Crippen LogP contribution in [0.1, 0.15) is 18.1 Å². The smallest absolute Gasteiger partial charge is 0.146 e. The fourth-order valence-corrected chi connectivity index (χ4v) is 2.09. The van der Waals surface area contributed by atoms with Gasteiger partial charge in [0.15, 0.2) is 0 Å². The van der Waals surface area contributed by atoms with Gasteiger partial charge in [0.25, 0.3) is 0 Å². The average Bonchev–Trinajstić information content (AvgIpc) is 2.41. The highest BCUT2D eigenvalue weighted by Gasteiger charge is 2.08.